The molecule has 0 aliphatic carbocycles. The fourth-order valence-electron chi connectivity index (χ4n) is 4.06. The number of amides is 1. The number of carbonyl (C=O) groups excluding carboxylic acids is 1. The van der Waals surface area contributed by atoms with Crippen LogP contribution < -0.4 is 10.9 Å². The van der Waals surface area contributed by atoms with Crippen LogP contribution in [0.4, 0.5) is 0 Å². The number of rotatable bonds is 7. The molecule has 1 aromatic carbocycles. The normalized spacial score (nSPS) is 11.0. The number of nitrogens with one attached hydrogen (secondary N) is 2. The Morgan fingerprint density at radius 3 is 2.69 bits per heavy atom. The molecule has 2 N–H and O–H groups in total. The molecule has 0 atom stereocenters. The van der Waals surface area contributed by atoms with Crippen LogP contribution in [0.5, 0.6) is 0 Å². The zero-order chi connectivity index (χ0) is 24.2. The first-order valence-corrected chi connectivity index (χ1v) is 11.4. The summed E-state index contributed by atoms with van der Waals surface area (Å²) in [5.74, 6) is -0.146. The third-order valence-corrected chi connectivity index (χ3v) is 5.93. The van der Waals surface area contributed by atoms with E-state index in [1.807, 2.05) is 55.7 Å². The maximum Gasteiger partial charge on any atom is 0.251 e. The summed E-state index contributed by atoms with van der Waals surface area (Å²) in [6, 6.07) is 18.9. The fraction of sp³-hybridized carbons (Fsp3) is 0.143. The summed E-state index contributed by atoms with van der Waals surface area (Å²) in [6.45, 7) is 2.94. The lowest BCUT2D eigenvalue weighted by Gasteiger charge is -2.08. The molecule has 1 amide bonds. The number of benzene rings is 1. The van der Waals surface area contributed by atoms with E-state index in [1.54, 1.807) is 35.2 Å². The molecule has 174 valence electrons. The number of aromatic nitrogens is 4. The SMILES string of the molecule is Cc1cnc2[nH]cc(CNC(=O)c3ccnc(Cc4ccc(Cn5ccccc5=O)cc4)c3)c2c1. The molecule has 0 radical (unpaired) electrons. The van der Waals surface area contributed by atoms with Gasteiger partial charge in [0.1, 0.15) is 5.65 Å². The van der Waals surface area contributed by atoms with Crippen molar-refractivity contribution < 1.29 is 4.79 Å². The summed E-state index contributed by atoms with van der Waals surface area (Å²) in [4.78, 5) is 36.7. The van der Waals surface area contributed by atoms with Crippen LogP contribution in [0.2, 0.25) is 0 Å². The molecule has 5 rings (SSSR count). The molecule has 0 aliphatic heterocycles. The van der Waals surface area contributed by atoms with E-state index in [-0.39, 0.29) is 11.5 Å². The third-order valence-electron chi connectivity index (χ3n) is 5.93. The summed E-state index contributed by atoms with van der Waals surface area (Å²) in [7, 11) is 0. The molecule has 0 spiro atoms. The number of H-pyrrole nitrogens is 1. The molecule has 0 fully saturated rings. The lowest BCUT2D eigenvalue weighted by Crippen LogP contribution is -2.23. The third kappa shape index (κ3) is 5.19. The predicted molar refractivity (Wildman–Crippen MR) is 135 cm³/mol. The first-order valence-electron chi connectivity index (χ1n) is 11.4. The lowest BCUT2D eigenvalue weighted by atomic mass is 10.1. The molecular weight excluding hydrogens is 438 g/mol. The van der Waals surface area contributed by atoms with Gasteiger partial charge in [-0.25, -0.2) is 4.98 Å². The molecule has 4 aromatic heterocycles. The van der Waals surface area contributed by atoms with Gasteiger partial charge in [-0.1, -0.05) is 30.3 Å². The van der Waals surface area contributed by atoms with Gasteiger partial charge in [-0.2, -0.15) is 0 Å². The Balaban J connectivity index is 1.23. The van der Waals surface area contributed by atoms with Gasteiger partial charge in [-0.15, -0.1) is 0 Å². The number of aryl methyl sites for hydroxylation is 1. The van der Waals surface area contributed by atoms with Crippen molar-refractivity contribution >= 4 is 16.9 Å². The maximum atomic E-state index is 12.8. The Hall–Kier alpha value is -4.52. The second kappa shape index (κ2) is 9.77. The molecule has 0 saturated heterocycles. The molecule has 5 aromatic rings. The van der Waals surface area contributed by atoms with Gasteiger partial charge >= 0.3 is 0 Å². The van der Waals surface area contributed by atoms with Gasteiger partial charge < -0.3 is 14.9 Å². The Labute approximate surface area is 202 Å². The van der Waals surface area contributed by atoms with Crippen molar-refractivity contribution in [2.45, 2.75) is 26.4 Å². The second-order valence-corrected chi connectivity index (χ2v) is 8.60. The van der Waals surface area contributed by atoms with Crippen molar-refractivity contribution in [3.05, 3.63) is 129 Å². The van der Waals surface area contributed by atoms with E-state index in [1.165, 1.54) is 0 Å². The number of hydrogen-bond donors (Lipinski definition) is 2. The number of fused-ring (bicyclic) bond motifs is 1. The van der Waals surface area contributed by atoms with Crippen LogP contribution in [0.25, 0.3) is 11.0 Å². The molecule has 0 aliphatic rings. The van der Waals surface area contributed by atoms with E-state index in [0.29, 0.717) is 25.1 Å². The number of hydrogen-bond acceptors (Lipinski definition) is 4. The Bertz CT molecular complexity index is 1550. The van der Waals surface area contributed by atoms with Crippen molar-refractivity contribution in [3.8, 4) is 0 Å². The molecule has 0 unspecified atom stereocenters. The monoisotopic (exact) mass is 463 g/mol. The highest BCUT2D eigenvalue weighted by Crippen LogP contribution is 2.18. The van der Waals surface area contributed by atoms with E-state index in [0.717, 1.165) is 39.0 Å². The van der Waals surface area contributed by atoms with Crippen molar-refractivity contribution in [2.75, 3.05) is 0 Å². The smallest absolute Gasteiger partial charge is 0.251 e. The summed E-state index contributed by atoms with van der Waals surface area (Å²) >= 11 is 0. The van der Waals surface area contributed by atoms with Gasteiger partial charge in [0.05, 0.1) is 6.54 Å². The van der Waals surface area contributed by atoms with Crippen molar-refractivity contribution in [3.63, 3.8) is 0 Å². The van der Waals surface area contributed by atoms with E-state index in [9.17, 15) is 9.59 Å². The lowest BCUT2D eigenvalue weighted by molar-refractivity contribution is 0.0951. The molecule has 7 nitrogen and oxygen atoms in total. The summed E-state index contributed by atoms with van der Waals surface area (Å²) in [6.07, 6.45) is 7.76. The largest absolute Gasteiger partial charge is 0.348 e. The molecular formula is C28H25N5O2. The van der Waals surface area contributed by atoms with Crippen molar-refractivity contribution in [1.29, 1.82) is 0 Å². The van der Waals surface area contributed by atoms with E-state index in [4.69, 9.17) is 0 Å². The van der Waals surface area contributed by atoms with E-state index < -0.39 is 0 Å². The number of aromatic amines is 1. The Kier molecular flexibility index (Phi) is 6.22. The molecule has 7 heteroatoms. The number of nitrogens with zero attached hydrogens (tertiary/aromatic N) is 3. The van der Waals surface area contributed by atoms with Crippen molar-refractivity contribution in [1.82, 2.24) is 24.8 Å². The first-order chi connectivity index (χ1) is 17.0. The van der Waals surface area contributed by atoms with Crippen LogP contribution in [0.15, 0.2) is 90.2 Å². The van der Waals surface area contributed by atoms with Gasteiger partial charge in [0.2, 0.25) is 0 Å². The zero-order valence-electron chi connectivity index (χ0n) is 19.4. The quantitative estimate of drug-likeness (QED) is 0.382. The summed E-state index contributed by atoms with van der Waals surface area (Å²) in [5.41, 5.74) is 6.38. The Morgan fingerprint density at radius 2 is 1.86 bits per heavy atom. The highest BCUT2D eigenvalue weighted by molar-refractivity contribution is 5.94. The zero-order valence-corrected chi connectivity index (χ0v) is 19.4. The first kappa shape index (κ1) is 22.3. The predicted octanol–water partition coefficient (Wildman–Crippen LogP) is 4.00. The summed E-state index contributed by atoms with van der Waals surface area (Å²) in [5, 5.41) is 4.01. The van der Waals surface area contributed by atoms with Crippen LogP contribution in [-0.2, 0) is 19.5 Å². The standard InChI is InChI=1S/C28H25N5O2/c1-19-12-25-23(16-31-27(25)30-15-19)17-32-28(35)22-9-10-29-24(14-22)13-20-5-7-21(8-6-20)18-33-11-3-2-4-26(33)34/h2-12,14-16H,13,17-18H2,1H3,(H,30,31)(H,32,35). The van der Waals surface area contributed by atoms with Crippen LogP contribution in [0.3, 0.4) is 0 Å². The average molecular weight is 464 g/mol. The minimum Gasteiger partial charge on any atom is -0.348 e. The fourth-order valence-corrected chi connectivity index (χ4v) is 4.06. The number of carbonyl (C=O) groups is 1. The van der Waals surface area contributed by atoms with Gasteiger partial charge in [-0.3, -0.25) is 14.6 Å². The van der Waals surface area contributed by atoms with Crippen LogP contribution in [0, 0.1) is 6.92 Å². The van der Waals surface area contributed by atoms with E-state index >= 15 is 0 Å². The van der Waals surface area contributed by atoms with Gasteiger partial charge in [0.15, 0.2) is 0 Å². The van der Waals surface area contributed by atoms with Crippen LogP contribution >= 0.6 is 0 Å². The van der Waals surface area contributed by atoms with Crippen molar-refractivity contribution in [2.24, 2.45) is 0 Å². The topological polar surface area (TPSA) is 92.7 Å². The van der Waals surface area contributed by atoms with Crippen LogP contribution in [-0.4, -0.2) is 25.4 Å². The van der Waals surface area contributed by atoms with Gasteiger partial charge in [-0.05, 0) is 53.4 Å². The van der Waals surface area contributed by atoms with Gasteiger partial charge in [0.25, 0.3) is 11.5 Å². The van der Waals surface area contributed by atoms with E-state index in [2.05, 4.69) is 26.3 Å². The number of pyridine rings is 3. The minimum atomic E-state index is -0.146. The summed E-state index contributed by atoms with van der Waals surface area (Å²) < 4.78 is 1.67. The molecule has 0 bridgehead atoms. The van der Waals surface area contributed by atoms with Gasteiger partial charge in [0, 0.05) is 60.5 Å². The highest BCUT2D eigenvalue weighted by Gasteiger charge is 2.10. The van der Waals surface area contributed by atoms with Crippen LogP contribution in [0.1, 0.15) is 38.3 Å². The molecule has 35 heavy (non-hydrogen) atoms. The molecule has 4 heterocycles. The molecule has 0 saturated carbocycles. The Morgan fingerprint density at radius 1 is 1.03 bits per heavy atom. The minimum absolute atomic E-state index is 0.0210. The second-order valence-electron chi connectivity index (χ2n) is 8.60. The highest BCUT2D eigenvalue weighted by atomic mass is 16.1. The maximum absolute atomic E-state index is 12.8. The average Bonchev–Trinajstić information content (AvgIpc) is 3.27.